The fourth-order valence-corrected chi connectivity index (χ4v) is 3.28. The van der Waals surface area contributed by atoms with Gasteiger partial charge in [-0.3, -0.25) is 9.55 Å². The van der Waals surface area contributed by atoms with E-state index in [1.165, 1.54) is 12.1 Å². The first-order valence-electron chi connectivity index (χ1n) is 9.19. The molecule has 0 spiro atoms. The minimum absolute atomic E-state index is 0.293. The SMILES string of the molecule is Fc1ccc(Oc2cccc(-c3nccn3-c3ccc4ncccc4c3)c2)cc1. The molecule has 0 saturated carbocycles. The summed E-state index contributed by atoms with van der Waals surface area (Å²) in [6, 6.07) is 23.7. The summed E-state index contributed by atoms with van der Waals surface area (Å²) in [6.07, 6.45) is 5.49. The number of halogens is 1. The second kappa shape index (κ2) is 7.20. The van der Waals surface area contributed by atoms with Crippen molar-refractivity contribution in [3.63, 3.8) is 0 Å². The Hall–Kier alpha value is -3.99. The van der Waals surface area contributed by atoms with E-state index in [1.807, 2.05) is 59.3 Å². The van der Waals surface area contributed by atoms with E-state index in [-0.39, 0.29) is 5.82 Å². The Morgan fingerprint density at radius 2 is 1.66 bits per heavy atom. The van der Waals surface area contributed by atoms with Gasteiger partial charge in [0.15, 0.2) is 0 Å². The Balaban J connectivity index is 1.50. The summed E-state index contributed by atoms with van der Waals surface area (Å²) in [5.74, 6) is 1.75. The summed E-state index contributed by atoms with van der Waals surface area (Å²) in [5, 5.41) is 1.07. The maximum Gasteiger partial charge on any atom is 0.144 e. The van der Waals surface area contributed by atoms with Gasteiger partial charge in [0.1, 0.15) is 23.1 Å². The lowest BCUT2D eigenvalue weighted by atomic mass is 10.1. The highest BCUT2D eigenvalue weighted by Crippen LogP contribution is 2.28. The molecule has 0 N–H and O–H groups in total. The number of pyridine rings is 1. The molecule has 5 rings (SSSR count). The molecular weight excluding hydrogens is 365 g/mol. The quantitative estimate of drug-likeness (QED) is 0.382. The molecule has 2 aromatic heterocycles. The molecule has 0 unspecified atom stereocenters. The predicted molar refractivity (Wildman–Crippen MR) is 111 cm³/mol. The van der Waals surface area contributed by atoms with Crippen molar-refractivity contribution in [1.82, 2.24) is 14.5 Å². The highest BCUT2D eigenvalue weighted by molar-refractivity contribution is 5.81. The topological polar surface area (TPSA) is 39.9 Å². The molecule has 0 aliphatic carbocycles. The van der Waals surface area contributed by atoms with Crippen molar-refractivity contribution >= 4 is 10.9 Å². The van der Waals surface area contributed by atoms with Gasteiger partial charge in [-0.1, -0.05) is 18.2 Å². The van der Waals surface area contributed by atoms with Crippen LogP contribution in [0, 0.1) is 5.82 Å². The summed E-state index contributed by atoms with van der Waals surface area (Å²) in [7, 11) is 0. The van der Waals surface area contributed by atoms with E-state index >= 15 is 0 Å². The third-order valence-corrected chi connectivity index (χ3v) is 4.65. The lowest BCUT2D eigenvalue weighted by molar-refractivity contribution is 0.481. The number of benzene rings is 3. The first-order valence-corrected chi connectivity index (χ1v) is 9.19. The van der Waals surface area contributed by atoms with E-state index in [9.17, 15) is 4.39 Å². The van der Waals surface area contributed by atoms with Crippen LogP contribution < -0.4 is 4.74 Å². The molecule has 3 aromatic carbocycles. The first-order chi connectivity index (χ1) is 14.3. The third-order valence-electron chi connectivity index (χ3n) is 4.65. The highest BCUT2D eigenvalue weighted by atomic mass is 19.1. The van der Waals surface area contributed by atoms with Gasteiger partial charge in [0.25, 0.3) is 0 Å². The van der Waals surface area contributed by atoms with Gasteiger partial charge in [0.2, 0.25) is 0 Å². The summed E-state index contributed by atoms with van der Waals surface area (Å²) in [6.45, 7) is 0. The molecule has 140 valence electrons. The molecule has 0 fully saturated rings. The number of fused-ring (bicyclic) bond motifs is 1. The van der Waals surface area contributed by atoms with Crippen LogP contribution in [0.4, 0.5) is 4.39 Å². The maximum atomic E-state index is 13.1. The van der Waals surface area contributed by atoms with Crippen LogP contribution in [0.5, 0.6) is 11.5 Å². The second-order valence-corrected chi connectivity index (χ2v) is 6.59. The van der Waals surface area contributed by atoms with Crippen molar-refractivity contribution in [3.8, 4) is 28.6 Å². The van der Waals surface area contributed by atoms with E-state index in [4.69, 9.17) is 4.74 Å². The van der Waals surface area contributed by atoms with Crippen LogP contribution in [0.1, 0.15) is 0 Å². The summed E-state index contributed by atoms with van der Waals surface area (Å²) in [5.41, 5.74) is 2.87. The zero-order valence-electron chi connectivity index (χ0n) is 15.4. The average Bonchev–Trinajstić information content (AvgIpc) is 3.25. The molecular formula is C24H16FN3O. The zero-order valence-corrected chi connectivity index (χ0v) is 15.4. The van der Waals surface area contributed by atoms with Crippen molar-refractivity contribution in [2.24, 2.45) is 0 Å². The Bertz CT molecular complexity index is 1300. The normalized spacial score (nSPS) is 10.9. The number of nitrogens with zero attached hydrogens (tertiary/aromatic N) is 3. The molecule has 0 amide bonds. The molecule has 0 bridgehead atoms. The van der Waals surface area contributed by atoms with Gasteiger partial charge in [0.05, 0.1) is 5.52 Å². The molecule has 0 saturated heterocycles. The van der Waals surface area contributed by atoms with Gasteiger partial charge in [-0.25, -0.2) is 9.37 Å². The van der Waals surface area contributed by atoms with Crippen LogP contribution in [-0.4, -0.2) is 14.5 Å². The smallest absolute Gasteiger partial charge is 0.144 e. The van der Waals surface area contributed by atoms with E-state index in [2.05, 4.69) is 16.0 Å². The standard InChI is InChI=1S/C24H16FN3O/c25-19-6-9-21(10-7-19)29-22-5-1-3-18(16-22)24-27-13-14-28(24)20-8-11-23-17(15-20)4-2-12-26-23/h1-16H. The molecule has 5 heteroatoms. The minimum Gasteiger partial charge on any atom is -0.457 e. The largest absolute Gasteiger partial charge is 0.457 e. The van der Waals surface area contributed by atoms with Crippen LogP contribution >= 0.6 is 0 Å². The number of hydrogen-bond donors (Lipinski definition) is 0. The van der Waals surface area contributed by atoms with Gasteiger partial charge in [-0.15, -0.1) is 0 Å². The summed E-state index contributed by atoms with van der Waals surface area (Å²) in [4.78, 5) is 8.92. The van der Waals surface area contributed by atoms with Crippen LogP contribution in [0.25, 0.3) is 28.0 Å². The highest BCUT2D eigenvalue weighted by Gasteiger charge is 2.10. The van der Waals surface area contributed by atoms with E-state index in [0.29, 0.717) is 11.5 Å². The van der Waals surface area contributed by atoms with Crippen LogP contribution in [0.3, 0.4) is 0 Å². The first kappa shape index (κ1) is 17.1. The Morgan fingerprint density at radius 1 is 0.759 bits per heavy atom. The Labute approximate surface area is 166 Å². The van der Waals surface area contributed by atoms with Gasteiger partial charge < -0.3 is 4.74 Å². The van der Waals surface area contributed by atoms with Crippen molar-refractivity contribution in [2.45, 2.75) is 0 Å². The van der Waals surface area contributed by atoms with Crippen LogP contribution in [0.2, 0.25) is 0 Å². The van der Waals surface area contributed by atoms with Crippen molar-refractivity contribution in [3.05, 3.63) is 103 Å². The van der Waals surface area contributed by atoms with Crippen LogP contribution in [-0.2, 0) is 0 Å². The number of ether oxygens (including phenoxy) is 1. The van der Waals surface area contributed by atoms with Gasteiger partial charge >= 0.3 is 0 Å². The fourth-order valence-electron chi connectivity index (χ4n) is 3.28. The zero-order chi connectivity index (χ0) is 19.6. The molecule has 0 aliphatic heterocycles. The van der Waals surface area contributed by atoms with Crippen LogP contribution in [0.15, 0.2) is 97.5 Å². The lowest BCUT2D eigenvalue weighted by Crippen LogP contribution is -1.97. The van der Waals surface area contributed by atoms with Crippen molar-refractivity contribution in [1.29, 1.82) is 0 Å². The lowest BCUT2D eigenvalue weighted by Gasteiger charge is -2.11. The van der Waals surface area contributed by atoms with Gasteiger partial charge in [-0.05, 0) is 60.7 Å². The van der Waals surface area contributed by atoms with E-state index in [0.717, 1.165) is 28.0 Å². The molecule has 0 aliphatic rings. The Morgan fingerprint density at radius 3 is 2.55 bits per heavy atom. The Kier molecular flexibility index (Phi) is 4.26. The number of aromatic nitrogens is 3. The number of imidazole rings is 1. The van der Waals surface area contributed by atoms with E-state index in [1.54, 1.807) is 24.5 Å². The monoisotopic (exact) mass is 381 g/mol. The molecule has 5 aromatic rings. The number of hydrogen-bond acceptors (Lipinski definition) is 3. The summed E-state index contributed by atoms with van der Waals surface area (Å²) >= 11 is 0. The average molecular weight is 381 g/mol. The van der Waals surface area contributed by atoms with Gasteiger partial charge in [-0.2, -0.15) is 0 Å². The fraction of sp³-hybridized carbons (Fsp3) is 0. The van der Waals surface area contributed by atoms with Gasteiger partial charge in [0, 0.05) is 35.2 Å². The van der Waals surface area contributed by atoms with E-state index < -0.39 is 0 Å². The molecule has 0 atom stereocenters. The minimum atomic E-state index is -0.293. The summed E-state index contributed by atoms with van der Waals surface area (Å²) < 4.78 is 21.0. The number of rotatable bonds is 4. The van der Waals surface area contributed by atoms with Crippen molar-refractivity contribution < 1.29 is 9.13 Å². The molecule has 4 nitrogen and oxygen atoms in total. The predicted octanol–water partition coefficient (Wildman–Crippen LogP) is 6.02. The molecule has 0 radical (unpaired) electrons. The third kappa shape index (κ3) is 3.46. The van der Waals surface area contributed by atoms with Crippen molar-refractivity contribution in [2.75, 3.05) is 0 Å². The second-order valence-electron chi connectivity index (χ2n) is 6.59. The molecule has 2 heterocycles. The maximum absolute atomic E-state index is 13.1. The molecule has 29 heavy (non-hydrogen) atoms.